The second-order valence-electron chi connectivity index (χ2n) is 3.49. The van der Waals surface area contributed by atoms with Crippen molar-refractivity contribution in [2.45, 2.75) is 13.3 Å². The van der Waals surface area contributed by atoms with E-state index in [4.69, 9.17) is 5.11 Å². The van der Waals surface area contributed by atoms with E-state index in [-0.39, 0.29) is 5.56 Å². The van der Waals surface area contributed by atoms with Crippen molar-refractivity contribution in [3.05, 3.63) is 34.9 Å². The Morgan fingerprint density at radius 2 is 2.25 bits per heavy atom. The molecule has 0 bridgehead atoms. The van der Waals surface area contributed by atoms with Gasteiger partial charge in [-0.2, -0.15) is 0 Å². The van der Waals surface area contributed by atoms with Crippen LogP contribution in [0.3, 0.4) is 0 Å². The highest BCUT2D eigenvalue weighted by Crippen LogP contribution is 2.10. The summed E-state index contributed by atoms with van der Waals surface area (Å²) in [5, 5.41) is 11.9. The van der Waals surface area contributed by atoms with Gasteiger partial charge in [0.1, 0.15) is 0 Å². The number of benzene rings is 1. The van der Waals surface area contributed by atoms with E-state index in [0.29, 0.717) is 0 Å². The fraction of sp³-hybridized carbons (Fsp3) is 0.308. The second-order valence-corrected chi connectivity index (χ2v) is 3.49. The molecule has 1 rings (SSSR count). The van der Waals surface area contributed by atoms with Crippen molar-refractivity contribution in [2.24, 2.45) is 0 Å². The largest absolute Gasteiger partial charge is 0.478 e. The quantitative estimate of drug-likeness (QED) is 0.598. The van der Waals surface area contributed by atoms with Crippen molar-refractivity contribution in [1.29, 1.82) is 0 Å². The highest BCUT2D eigenvalue weighted by atomic mass is 16.4. The summed E-state index contributed by atoms with van der Waals surface area (Å²) in [7, 11) is 1.87. The number of aryl methyl sites for hydroxylation is 1. The van der Waals surface area contributed by atoms with Gasteiger partial charge in [0.25, 0.3) is 0 Å². The van der Waals surface area contributed by atoms with Gasteiger partial charge in [0.2, 0.25) is 0 Å². The molecule has 16 heavy (non-hydrogen) atoms. The zero-order valence-corrected chi connectivity index (χ0v) is 9.50. The van der Waals surface area contributed by atoms with Gasteiger partial charge in [-0.1, -0.05) is 17.9 Å². The predicted octanol–water partition coefficient (Wildman–Crippen LogP) is 1.65. The number of hydrogen-bond acceptors (Lipinski definition) is 2. The molecule has 84 valence electrons. The third kappa shape index (κ3) is 3.41. The second kappa shape index (κ2) is 5.94. The molecule has 2 N–H and O–H groups in total. The maximum absolute atomic E-state index is 10.8. The van der Waals surface area contributed by atoms with Gasteiger partial charge in [-0.25, -0.2) is 4.79 Å². The van der Waals surface area contributed by atoms with Crippen molar-refractivity contribution in [2.75, 3.05) is 13.6 Å². The molecule has 0 aromatic heterocycles. The highest BCUT2D eigenvalue weighted by molar-refractivity contribution is 5.88. The lowest BCUT2D eigenvalue weighted by atomic mass is 10.1. The molecule has 0 spiro atoms. The van der Waals surface area contributed by atoms with Crippen LogP contribution in [0.25, 0.3) is 0 Å². The molecule has 0 aliphatic rings. The third-order valence-electron chi connectivity index (χ3n) is 2.21. The summed E-state index contributed by atoms with van der Waals surface area (Å²) in [6.07, 6.45) is 0.757. The predicted molar refractivity (Wildman–Crippen MR) is 63.6 cm³/mol. The topological polar surface area (TPSA) is 49.3 Å². The summed E-state index contributed by atoms with van der Waals surface area (Å²) >= 11 is 0. The Balaban J connectivity index is 2.88. The summed E-state index contributed by atoms with van der Waals surface area (Å²) in [6.45, 7) is 2.76. The van der Waals surface area contributed by atoms with E-state index in [2.05, 4.69) is 17.2 Å². The minimum atomic E-state index is -0.918. The minimum Gasteiger partial charge on any atom is -0.478 e. The van der Waals surface area contributed by atoms with Crippen LogP contribution in [0.2, 0.25) is 0 Å². The van der Waals surface area contributed by atoms with Crippen LogP contribution in [-0.4, -0.2) is 24.7 Å². The zero-order valence-electron chi connectivity index (χ0n) is 9.50. The molecule has 0 fully saturated rings. The summed E-state index contributed by atoms with van der Waals surface area (Å²) in [5.74, 6) is 5.08. The van der Waals surface area contributed by atoms with E-state index in [9.17, 15) is 4.79 Å². The molecule has 0 aliphatic heterocycles. The summed E-state index contributed by atoms with van der Waals surface area (Å²) < 4.78 is 0. The molecule has 0 heterocycles. The Morgan fingerprint density at radius 3 is 2.88 bits per heavy atom. The van der Waals surface area contributed by atoms with Crippen LogP contribution in [-0.2, 0) is 0 Å². The van der Waals surface area contributed by atoms with E-state index in [1.807, 2.05) is 14.0 Å². The first-order valence-corrected chi connectivity index (χ1v) is 5.12. The van der Waals surface area contributed by atoms with Crippen molar-refractivity contribution in [3.8, 4) is 11.8 Å². The van der Waals surface area contributed by atoms with E-state index in [1.54, 1.807) is 18.2 Å². The first-order chi connectivity index (χ1) is 7.65. The molecule has 3 nitrogen and oxygen atoms in total. The number of nitrogens with one attached hydrogen (secondary N) is 1. The van der Waals surface area contributed by atoms with Crippen molar-refractivity contribution >= 4 is 5.97 Å². The van der Waals surface area contributed by atoms with Gasteiger partial charge in [0.15, 0.2) is 0 Å². The van der Waals surface area contributed by atoms with Crippen LogP contribution in [0.1, 0.15) is 27.9 Å². The molecule has 0 saturated heterocycles. The van der Waals surface area contributed by atoms with Crippen LogP contribution in [0.4, 0.5) is 0 Å². The Bertz CT molecular complexity index is 441. The molecule has 0 unspecified atom stereocenters. The number of aromatic carboxylic acids is 1. The first-order valence-electron chi connectivity index (χ1n) is 5.12. The number of carbonyl (C=O) groups is 1. The molecule has 3 heteroatoms. The third-order valence-corrected chi connectivity index (χ3v) is 2.21. The van der Waals surface area contributed by atoms with E-state index in [0.717, 1.165) is 24.1 Å². The monoisotopic (exact) mass is 217 g/mol. The molecule has 0 radical (unpaired) electrons. The van der Waals surface area contributed by atoms with Gasteiger partial charge in [0.05, 0.1) is 5.56 Å². The fourth-order valence-corrected chi connectivity index (χ4v) is 1.23. The number of rotatable bonds is 3. The lowest BCUT2D eigenvalue weighted by Gasteiger charge is -1.99. The number of carboxylic acids is 1. The van der Waals surface area contributed by atoms with Crippen LogP contribution in [0.15, 0.2) is 18.2 Å². The average Bonchev–Trinajstić information content (AvgIpc) is 2.26. The van der Waals surface area contributed by atoms with Gasteiger partial charge >= 0.3 is 5.97 Å². The molecular formula is C13H15NO2. The summed E-state index contributed by atoms with van der Waals surface area (Å²) in [6, 6.07) is 4.99. The van der Waals surface area contributed by atoms with E-state index >= 15 is 0 Å². The Morgan fingerprint density at radius 1 is 1.50 bits per heavy atom. The van der Waals surface area contributed by atoms with Crippen molar-refractivity contribution < 1.29 is 9.90 Å². The van der Waals surface area contributed by atoms with Gasteiger partial charge < -0.3 is 10.4 Å². The lowest BCUT2D eigenvalue weighted by Crippen LogP contribution is -2.05. The Hall–Kier alpha value is -1.79. The average molecular weight is 217 g/mol. The van der Waals surface area contributed by atoms with Crippen LogP contribution in [0.5, 0.6) is 0 Å². The molecule has 0 atom stereocenters. The van der Waals surface area contributed by atoms with Crippen molar-refractivity contribution in [3.63, 3.8) is 0 Å². The molecular weight excluding hydrogens is 202 g/mol. The maximum Gasteiger partial charge on any atom is 0.335 e. The standard InChI is InChI=1S/C13H15NO2/c1-10-6-7-12(13(15)16)9-11(10)5-3-4-8-14-2/h6-7,9,14H,4,8H2,1-2H3,(H,15,16). The maximum atomic E-state index is 10.8. The summed E-state index contributed by atoms with van der Waals surface area (Å²) in [5.41, 5.74) is 2.07. The molecule has 0 amide bonds. The van der Waals surface area contributed by atoms with Gasteiger partial charge in [-0.15, -0.1) is 0 Å². The Kier molecular flexibility index (Phi) is 4.56. The van der Waals surface area contributed by atoms with Crippen LogP contribution < -0.4 is 5.32 Å². The summed E-state index contributed by atoms with van der Waals surface area (Å²) in [4.78, 5) is 10.8. The zero-order chi connectivity index (χ0) is 12.0. The first kappa shape index (κ1) is 12.3. The smallest absolute Gasteiger partial charge is 0.335 e. The van der Waals surface area contributed by atoms with Crippen LogP contribution in [0, 0.1) is 18.8 Å². The van der Waals surface area contributed by atoms with Crippen LogP contribution >= 0.6 is 0 Å². The normalized spacial score (nSPS) is 9.38. The number of hydrogen-bond donors (Lipinski definition) is 2. The van der Waals surface area contributed by atoms with E-state index < -0.39 is 5.97 Å². The van der Waals surface area contributed by atoms with Gasteiger partial charge in [-0.3, -0.25) is 0 Å². The molecule has 1 aromatic rings. The van der Waals surface area contributed by atoms with E-state index in [1.165, 1.54) is 0 Å². The lowest BCUT2D eigenvalue weighted by molar-refractivity contribution is 0.0697. The Labute approximate surface area is 95.5 Å². The fourth-order valence-electron chi connectivity index (χ4n) is 1.23. The molecule has 1 aromatic carbocycles. The highest BCUT2D eigenvalue weighted by Gasteiger charge is 2.03. The minimum absolute atomic E-state index is 0.281. The van der Waals surface area contributed by atoms with Gasteiger partial charge in [-0.05, 0) is 31.7 Å². The molecule has 0 saturated carbocycles. The molecule has 0 aliphatic carbocycles. The SMILES string of the molecule is CNCCC#Cc1cc(C(=O)O)ccc1C. The van der Waals surface area contributed by atoms with Crippen molar-refractivity contribution in [1.82, 2.24) is 5.32 Å². The van der Waals surface area contributed by atoms with Gasteiger partial charge in [0, 0.05) is 18.5 Å². The number of carboxylic acid groups (broad SMARTS) is 1.